The zero-order valence-electron chi connectivity index (χ0n) is 15.0. The first-order chi connectivity index (χ1) is 12.4. The van der Waals surface area contributed by atoms with Gasteiger partial charge in [0.25, 0.3) is 15.9 Å². The van der Waals surface area contributed by atoms with Crippen molar-refractivity contribution in [1.82, 2.24) is 9.80 Å². The van der Waals surface area contributed by atoms with Gasteiger partial charge in [-0.05, 0) is 31.3 Å². The molecule has 0 N–H and O–H groups in total. The summed E-state index contributed by atoms with van der Waals surface area (Å²) in [7, 11) is -0.331. The average molecular weight is 373 g/mol. The number of piperazine rings is 1. The van der Waals surface area contributed by atoms with Crippen molar-refractivity contribution in [2.45, 2.75) is 4.90 Å². The molecule has 0 bridgehead atoms. The molecule has 0 spiro atoms. The van der Waals surface area contributed by atoms with Crippen molar-refractivity contribution in [2.24, 2.45) is 0 Å². The molecule has 1 heterocycles. The Morgan fingerprint density at radius 1 is 0.923 bits per heavy atom. The number of hydrogen-bond donors (Lipinski definition) is 0. The standard InChI is InChI=1S/C19H23N3O3S/c1-20-12-14-22(15-13-20)19(23)17-10-6-7-11-18(17)26(24,25)21(2)16-8-4-3-5-9-16/h3-11H,12-15H2,1-2H3. The van der Waals surface area contributed by atoms with Crippen molar-refractivity contribution >= 4 is 21.6 Å². The third-order valence-corrected chi connectivity index (χ3v) is 6.51. The van der Waals surface area contributed by atoms with Crippen LogP contribution in [0.1, 0.15) is 10.4 Å². The maximum atomic E-state index is 13.1. The maximum Gasteiger partial charge on any atom is 0.264 e. The quantitative estimate of drug-likeness (QED) is 0.821. The molecule has 2 aromatic carbocycles. The van der Waals surface area contributed by atoms with E-state index in [1.54, 1.807) is 47.4 Å². The van der Waals surface area contributed by atoms with Crippen LogP contribution in [0.2, 0.25) is 0 Å². The van der Waals surface area contributed by atoms with Gasteiger partial charge in [0.1, 0.15) is 4.90 Å². The number of anilines is 1. The number of amides is 1. The highest BCUT2D eigenvalue weighted by molar-refractivity contribution is 7.92. The van der Waals surface area contributed by atoms with Gasteiger partial charge in [-0.1, -0.05) is 30.3 Å². The van der Waals surface area contributed by atoms with E-state index in [1.165, 1.54) is 17.4 Å². The molecule has 6 nitrogen and oxygen atoms in total. The predicted molar refractivity (Wildman–Crippen MR) is 102 cm³/mol. The minimum absolute atomic E-state index is 0.0373. The number of para-hydroxylation sites is 1. The van der Waals surface area contributed by atoms with E-state index in [1.807, 2.05) is 13.1 Å². The summed E-state index contributed by atoms with van der Waals surface area (Å²) < 4.78 is 27.5. The fourth-order valence-corrected chi connectivity index (χ4v) is 4.35. The van der Waals surface area contributed by atoms with E-state index in [0.717, 1.165) is 13.1 Å². The van der Waals surface area contributed by atoms with E-state index in [2.05, 4.69) is 4.90 Å². The fraction of sp³-hybridized carbons (Fsp3) is 0.316. The number of nitrogens with zero attached hydrogens (tertiary/aromatic N) is 3. The molecular weight excluding hydrogens is 350 g/mol. The molecule has 1 amide bonds. The monoisotopic (exact) mass is 373 g/mol. The summed E-state index contributed by atoms with van der Waals surface area (Å²) in [6, 6.07) is 15.3. The van der Waals surface area contributed by atoms with Gasteiger partial charge in [0, 0.05) is 33.2 Å². The smallest absolute Gasteiger partial charge is 0.264 e. The Morgan fingerprint density at radius 3 is 2.15 bits per heavy atom. The van der Waals surface area contributed by atoms with Crippen molar-refractivity contribution in [1.29, 1.82) is 0 Å². The summed E-state index contributed by atoms with van der Waals surface area (Å²) >= 11 is 0. The average Bonchev–Trinajstić information content (AvgIpc) is 2.68. The van der Waals surface area contributed by atoms with E-state index in [0.29, 0.717) is 18.8 Å². The van der Waals surface area contributed by atoms with Gasteiger partial charge in [0.15, 0.2) is 0 Å². The van der Waals surface area contributed by atoms with Crippen molar-refractivity contribution < 1.29 is 13.2 Å². The van der Waals surface area contributed by atoms with Crippen molar-refractivity contribution in [2.75, 3.05) is 44.6 Å². The highest BCUT2D eigenvalue weighted by Crippen LogP contribution is 2.25. The van der Waals surface area contributed by atoms with Crippen LogP contribution in [-0.2, 0) is 10.0 Å². The Hall–Kier alpha value is -2.38. The van der Waals surface area contributed by atoms with Crippen molar-refractivity contribution in [3.8, 4) is 0 Å². The van der Waals surface area contributed by atoms with Crippen LogP contribution in [0.5, 0.6) is 0 Å². The predicted octanol–water partition coefficient (Wildman–Crippen LogP) is 1.90. The second kappa shape index (κ2) is 7.47. The lowest BCUT2D eigenvalue weighted by molar-refractivity contribution is 0.0660. The number of carbonyl (C=O) groups excluding carboxylic acids is 1. The van der Waals surface area contributed by atoms with Crippen LogP contribution in [0.25, 0.3) is 0 Å². The molecule has 3 rings (SSSR count). The summed E-state index contributed by atoms with van der Waals surface area (Å²) in [5, 5.41) is 0. The van der Waals surface area contributed by atoms with Crippen LogP contribution in [0.15, 0.2) is 59.5 Å². The minimum Gasteiger partial charge on any atom is -0.336 e. The SMILES string of the molecule is CN1CCN(C(=O)c2ccccc2S(=O)(=O)N(C)c2ccccc2)CC1. The molecule has 1 fully saturated rings. The van der Waals surface area contributed by atoms with Crippen LogP contribution in [0.4, 0.5) is 5.69 Å². The van der Waals surface area contributed by atoms with Gasteiger partial charge in [-0.25, -0.2) is 8.42 Å². The zero-order valence-corrected chi connectivity index (χ0v) is 15.8. The maximum absolute atomic E-state index is 13.1. The lowest BCUT2D eigenvalue weighted by atomic mass is 10.2. The molecule has 0 radical (unpaired) electrons. The molecule has 26 heavy (non-hydrogen) atoms. The van der Waals surface area contributed by atoms with E-state index < -0.39 is 10.0 Å². The van der Waals surface area contributed by atoms with Gasteiger partial charge in [0.2, 0.25) is 0 Å². The van der Waals surface area contributed by atoms with Crippen molar-refractivity contribution in [3.05, 3.63) is 60.2 Å². The van der Waals surface area contributed by atoms with Gasteiger partial charge in [-0.3, -0.25) is 9.10 Å². The Bertz CT molecular complexity index is 876. The molecule has 0 unspecified atom stereocenters. The molecule has 0 atom stereocenters. The van der Waals surface area contributed by atoms with Crippen LogP contribution in [0.3, 0.4) is 0 Å². The molecule has 0 aliphatic carbocycles. The van der Waals surface area contributed by atoms with Crippen molar-refractivity contribution in [3.63, 3.8) is 0 Å². The highest BCUT2D eigenvalue weighted by atomic mass is 32.2. The molecular formula is C19H23N3O3S. The number of benzene rings is 2. The summed E-state index contributed by atoms with van der Waals surface area (Å²) in [6.07, 6.45) is 0. The summed E-state index contributed by atoms with van der Waals surface area (Å²) in [5.41, 5.74) is 0.772. The molecule has 1 aliphatic heterocycles. The van der Waals surface area contributed by atoms with Gasteiger partial charge in [-0.2, -0.15) is 0 Å². The second-order valence-electron chi connectivity index (χ2n) is 6.40. The molecule has 1 saturated heterocycles. The number of likely N-dealkylation sites (N-methyl/N-ethyl adjacent to an activating group) is 1. The molecule has 0 saturated carbocycles. The second-order valence-corrected chi connectivity index (χ2v) is 8.34. The molecule has 0 aromatic heterocycles. The fourth-order valence-electron chi connectivity index (χ4n) is 2.97. The number of sulfonamides is 1. The minimum atomic E-state index is -3.84. The van der Waals surface area contributed by atoms with E-state index >= 15 is 0 Å². The van der Waals surface area contributed by atoms with Crippen LogP contribution >= 0.6 is 0 Å². The molecule has 1 aliphatic rings. The third-order valence-electron chi connectivity index (χ3n) is 4.67. The third kappa shape index (κ3) is 3.59. The first-order valence-electron chi connectivity index (χ1n) is 8.52. The number of rotatable bonds is 4. The van der Waals surface area contributed by atoms with Gasteiger partial charge in [0.05, 0.1) is 11.3 Å². The first kappa shape index (κ1) is 18.4. The topological polar surface area (TPSA) is 60.9 Å². The Balaban J connectivity index is 1.95. The Labute approximate surface area is 154 Å². The van der Waals surface area contributed by atoms with Gasteiger partial charge >= 0.3 is 0 Å². The first-order valence-corrected chi connectivity index (χ1v) is 9.96. The Kier molecular flexibility index (Phi) is 5.29. The summed E-state index contributed by atoms with van der Waals surface area (Å²) in [6.45, 7) is 2.76. The highest BCUT2D eigenvalue weighted by Gasteiger charge is 2.29. The number of hydrogen-bond acceptors (Lipinski definition) is 4. The summed E-state index contributed by atoms with van der Waals surface area (Å²) in [4.78, 5) is 16.9. The van der Waals surface area contributed by atoms with Gasteiger partial charge in [-0.15, -0.1) is 0 Å². The summed E-state index contributed by atoms with van der Waals surface area (Å²) in [5.74, 6) is -0.237. The Morgan fingerprint density at radius 2 is 1.50 bits per heavy atom. The molecule has 138 valence electrons. The van der Waals surface area contributed by atoms with Crippen LogP contribution in [0, 0.1) is 0 Å². The van der Waals surface area contributed by atoms with E-state index in [-0.39, 0.29) is 16.4 Å². The molecule has 7 heteroatoms. The normalized spacial score (nSPS) is 15.7. The largest absolute Gasteiger partial charge is 0.336 e. The van der Waals surface area contributed by atoms with E-state index in [9.17, 15) is 13.2 Å². The zero-order chi connectivity index (χ0) is 18.7. The van der Waals surface area contributed by atoms with Gasteiger partial charge < -0.3 is 9.80 Å². The van der Waals surface area contributed by atoms with Crippen LogP contribution < -0.4 is 4.31 Å². The lowest BCUT2D eigenvalue weighted by Crippen LogP contribution is -2.47. The van der Waals surface area contributed by atoms with E-state index in [4.69, 9.17) is 0 Å². The molecule has 2 aromatic rings. The van der Waals surface area contributed by atoms with Crippen LogP contribution in [-0.4, -0.2) is 64.4 Å². The lowest BCUT2D eigenvalue weighted by Gasteiger charge is -2.33. The number of carbonyl (C=O) groups is 1.